The predicted octanol–water partition coefficient (Wildman–Crippen LogP) is 6.69. The van der Waals surface area contributed by atoms with E-state index in [1.54, 1.807) is 0 Å². The van der Waals surface area contributed by atoms with Crippen molar-refractivity contribution >= 4 is 0 Å². The summed E-state index contributed by atoms with van der Waals surface area (Å²) in [6, 6.07) is 0. The number of hydrogen-bond donors (Lipinski definition) is 1. The highest BCUT2D eigenvalue weighted by atomic mass is 16.7. The fourth-order valence-electron chi connectivity index (χ4n) is 9.79. The summed E-state index contributed by atoms with van der Waals surface area (Å²) in [6.07, 6.45) is 12.1. The Morgan fingerprint density at radius 3 is 2.15 bits per heavy atom. The quantitative estimate of drug-likeness (QED) is 0.395. The molecule has 34 heavy (non-hydrogen) atoms. The Bertz CT molecular complexity index is 689. The molecule has 0 aliphatic heterocycles. The number of rotatable bonds is 8. The molecule has 4 unspecified atom stereocenters. The van der Waals surface area contributed by atoms with Crippen LogP contribution in [-0.4, -0.2) is 44.4 Å². The third-order valence-electron chi connectivity index (χ3n) is 12.2. The molecule has 0 saturated heterocycles. The molecular weight excluding hydrogens is 424 g/mol. The van der Waals surface area contributed by atoms with Gasteiger partial charge < -0.3 is 19.3 Å². The number of ether oxygens (including phenoxy) is 3. The molecule has 4 rings (SSSR count). The van der Waals surface area contributed by atoms with E-state index < -0.39 is 5.79 Å². The van der Waals surface area contributed by atoms with Crippen molar-refractivity contribution in [1.29, 1.82) is 0 Å². The Balaban J connectivity index is 1.54. The highest BCUT2D eigenvalue weighted by Crippen LogP contribution is 2.69. The van der Waals surface area contributed by atoms with Gasteiger partial charge in [0.2, 0.25) is 0 Å². The maximum Gasteiger partial charge on any atom is 0.167 e. The van der Waals surface area contributed by atoms with E-state index in [-0.39, 0.29) is 6.10 Å². The second kappa shape index (κ2) is 9.95. The fourth-order valence-corrected chi connectivity index (χ4v) is 9.79. The van der Waals surface area contributed by atoms with Crippen molar-refractivity contribution in [3.8, 4) is 0 Å². The van der Waals surface area contributed by atoms with Gasteiger partial charge in [-0.25, -0.2) is 0 Å². The second-order valence-electron chi connectivity index (χ2n) is 13.6. The van der Waals surface area contributed by atoms with Gasteiger partial charge in [-0.2, -0.15) is 0 Å². The molecule has 4 aliphatic carbocycles. The molecule has 4 saturated carbocycles. The van der Waals surface area contributed by atoms with E-state index in [9.17, 15) is 5.11 Å². The summed E-state index contributed by atoms with van der Waals surface area (Å²) in [7, 11) is 5.59. The molecule has 0 heterocycles. The molecule has 4 nitrogen and oxygen atoms in total. The molecule has 1 N–H and O–H groups in total. The van der Waals surface area contributed by atoms with Gasteiger partial charge in [0.15, 0.2) is 5.79 Å². The van der Waals surface area contributed by atoms with Gasteiger partial charge in [-0.3, -0.25) is 0 Å². The molecule has 0 amide bonds. The van der Waals surface area contributed by atoms with E-state index in [0.717, 1.165) is 49.9 Å². The van der Waals surface area contributed by atoms with Gasteiger partial charge in [-0.05, 0) is 104 Å². The molecular formula is C30H54O4. The third kappa shape index (κ3) is 4.31. The Labute approximate surface area is 209 Å². The molecule has 198 valence electrons. The van der Waals surface area contributed by atoms with Crippen molar-refractivity contribution in [2.75, 3.05) is 21.3 Å². The standard InChI is InChI=1S/C30H54O4/c1-19(2)25(31)12-9-20(3)22-10-11-23-27-24(13-14-29(22,23)5)28(4)15-16-30(33-7,34-8)18-21(28)17-26(27)32-6/h19-27,31H,9-18H2,1-8H3/t20?,21-,22+,23?,24?,25+,26+,27?,28-,29+/m0/s1. The van der Waals surface area contributed by atoms with Crippen LogP contribution in [0.2, 0.25) is 0 Å². The summed E-state index contributed by atoms with van der Waals surface area (Å²) < 4.78 is 18.2. The van der Waals surface area contributed by atoms with Gasteiger partial charge in [0, 0.05) is 34.2 Å². The van der Waals surface area contributed by atoms with Gasteiger partial charge in [0.1, 0.15) is 0 Å². The van der Waals surface area contributed by atoms with Crippen molar-refractivity contribution < 1.29 is 19.3 Å². The van der Waals surface area contributed by atoms with Crippen LogP contribution < -0.4 is 0 Å². The lowest BCUT2D eigenvalue weighted by molar-refractivity contribution is -0.271. The minimum absolute atomic E-state index is 0.158. The predicted molar refractivity (Wildman–Crippen MR) is 137 cm³/mol. The van der Waals surface area contributed by atoms with Gasteiger partial charge in [0.05, 0.1) is 12.2 Å². The van der Waals surface area contributed by atoms with Crippen LogP contribution >= 0.6 is 0 Å². The smallest absolute Gasteiger partial charge is 0.167 e. The molecule has 0 aromatic carbocycles. The van der Waals surface area contributed by atoms with Crippen LogP contribution in [0, 0.1) is 52.3 Å². The van der Waals surface area contributed by atoms with Crippen LogP contribution in [0.3, 0.4) is 0 Å². The molecule has 10 atom stereocenters. The van der Waals surface area contributed by atoms with Crippen LogP contribution in [0.5, 0.6) is 0 Å². The largest absolute Gasteiger partial charge is 0.393 e. The monoisotopic (exact) mass is 478 g/mol. The number of methoxy groups -OCH3 is 3. The van der Waals surface area contributed by atoms with Crippen molar-refractivity contribution in [3.63, 3.8) is 0 Å². The van der Waals surface area contributed by atoms with Crippen LogP contribution in [0.15, 0.2) is 0 Å². The Kier molecular flexibility index (Phi) is 7.87. The zero-order chi connectivity index (χ0) is 24.9. The molecule has 0 spiro atoms. The third-order valence-corrected chi connectivity index (χ3v) is 12.2. The average Bonchev–Trinajstić information content (AvgIpc) is 3.18. The van der Waals surface area contributed by atoms with E-state index in [0.29, 0.717) is 40.6 Å². The zero-order valence-electron chi connectivity index (χ0n) is 23.4. The number of aliphatic hydroxyl groups is 1. The van der Waals surface area contributed by atoms with Crippen molar-refractivity contribution in [1.82, 2.24) is 0 Å². The molecule has 0 bridgehead atoms. The van der Waals surface area contributed by atoms with E-state index >= 15 is 0 Å². The maximum atomic E-state index is 10.4. The van der Waals surface area contributed by atoms with Crippen LogP contribution in [0.4, 0.5) is 0 Å². The summed E-state index contributed by atoms with van der Waals surface area (Å²) in [5.41, 5.74) is 0.785. The van der Waals surface area contributed by atoms with Crippen LogP contribution in [-0.2, 0) is 14.2 Å². The molecule has 0 radical (unpaired) electrons. The fraction of sp³-hybridized carbons (Fsp3) is 1.00. The van der Waals surface area contributed by atoms with E-state index in [2.05, 4.69) is 34.6 Å². The number of aliphatic hydroxyl groups excluding tert-OH is 1. The van der Waals surface area contributed by atoms with E-state index in [1.165, 1.54) is 32.1 Å². The zero-order valence-corrected chi connectivity index (χ0v) is 23.4. The first-order chi connectivity index (χ1) is 16.0. The summed E-state index contributed by atoms with van der Waals surface area (Å²) >= 11 is 0. The highest BCUT2D eigenvalue weighted by Gasteiger charge is 2.64. The van der Waals surface area contributed by atoms with Crippen molar-refractivity contribution in [3.05, 3.63) is 0 Å². The van der Waals surface area contributed by atoms with Gasteiger partial charge in [-0.15, -0.1) is 0 Å². The minimum Gasteiger partial charge on any atom is -0.393 e. The lowest BCUT2D eigenvalue weighted by Gasteiger charge is -2.64. The van der Waals surface area contributed by atoms with Crippen molar-refractivity contribution in [2.24, 2.45) is 52.3 Å². The Morgan fingerprint density at radius 1 is 0.853 bits per heavy atom. The summed E-state index contributed by atoms with van der Waals surface area (Å²) in [6.45, 7) is 12.0. The lowest BCUT2D eigenvalue weighted by atomic mass is 9.43. The lowest BCUT2D eigenvalue weighted by Crippen LogP contribution is -2.60. The Morgan fingerprint density at radius 2 is 1.53 bits per heavy atom. The minimum atomic E-state index is -0.410. The first-order valence-corrected chi connectivity index (χ1v) is 14.4. The summed E-state index contributed by atoms with van der Waals surface area (Å²) in [4.78, 5) is 0. The van der Waals surface area contributed by atoms with E-state index in [4.69, 9.17) is 14.2 Å². The van der Waals surface area contributed by atoms with Crippen molar-refractivity contribution in [2.45, 2.75) is 117 Å². The number of hydrogen-bond acceptors (Lipinski definition) is 4. The normalized spacial score (nSPS) is 45.4. The SMILES string of the molecule is CO[C@@H]1C[C@H]2CC(OC)(OC)CC[C@]2(C)C2CC[C@@]3(C)C(CC[C@@H]3C(C)CC[C@@H](O)C(C)C)C21. The topological polar surface area (TPSA) is 47.9 Å². The summed E-state index contributed by atoms with van der Waals surface area (Å²) in [5, 5.41) is 10.4. The second-order valence-corrected chi connectivity index (χ2v) is 13.6. The van der Waals surface area contributed by atoms with Crippen LogP contribution in [0.25, 0.3) is 0 Å². The molecule has 4 heteroatoms. The molecule has 0 aromatic rings. The first-order valence-electron chi connectivity index (χ1n) is 14.4. The molecule has 4 aliphatic rings. The first kappa shape index (κ1) is 26.9. The van der Waals surface area contributed by atoms with Gasteiger partial charge in [0.25, 0.3) is 0 Å². The highest BCUT2D eigenvalue weighted by molar-refractivity contribution is 5.12. The molecule has 4 fully saturated rings. The molecule has 0 aromatic heterocycles. The summed E-state index contributed by atoms with van der Waals surface area (Å²) in [5.74, 6) is 4.22. The van der Waals surface area contributed by atoms with Gasteiger partial charge in [-0.1, -0.05) is 34.6 Å². The number of fused-ring (bicyclic) bond motifs is 5. The van der Waals surface area contributed by atoms with E-state index in [1.807, 2.05) is 21.3 Å². The van der Waals surface area contributed by atoms with Gasteiger partial charge >= 0.3 is 0 Å². The Hall–Kier alpha value is -0.160. The maximum absolute atomic E-state index is 10.4. The van der Waals surface area contributed by atoms with Crippen LogP contribution in [0.1, 0.15) is 98.8 Å². The average molecular weight is 479 g/mol.